The normalized spacial score (nSPS) is 14.5. The third-order valence-corrected chi connectivity index (χ3v) is 6.62. The number of amides is 2. The summed E-state index contributed by atoms with van der Waals surface area (Å²) in [4.78, 5) is 25.1. The fraction of sp³-hybridized carbons (Fsp3) is 0.333. The summed E-state index contributed by atoms with van der Waals surface area (Å²) in [6.45, 7) is 2.89. The first-order chi connectivity index (χ1) is 14.7. The molecule has 0 spiro atoms. The number of hydrogen-bond donors (Lipinski definition) is 4. The average Bonchev–Trinajstić information content (AvgIpc) is 2.98. The van der Waals surface area contributed by atoms with Gasteiger partial charge in [0.15, 0.2) is 0 Å². The molecule has 9 nitrogen and oxygen atoms in total. The van der Waals surface area contributed by atoms with Crippen molar-refractivity contribution in [2.75, 3.05) is 23.1 Å². The van der Waals surface area contributed by atoms with Crippen molar-refractivity contribution in [1.29, 1.82) is 0 Å². The van der Waals surface area contributed by atoms with Gasteiger partial charge in [0.1, 0.15) is 11.3 Å². The number of likely N-dealkylation sites (tertiary alicyclic amines) is 1. The summed E-state index contributed by atoms with van der Waals surface area (Å²) in [5.74, 6) is -1.94. The second-order valence-corrected chi connectivity index (χ2v) is 9.11. The van der Waals surface area contributed by atoms with Crippen LogP contribution in [0.1, 0.15) is 41.6 Å². The van der Waals surface area contributed by atoms with Crippen molar-refractivity contribution in [2.45, 2.75) is 37.5 Å². The van der Waals surface area contributed by atoms with Gasteiger partial charge in [0, 0.05) is 24.5 Å². The topological polar surface area (TPSA) is 136 Å². The first-order valence-electron chi connectivity index (χ1n) is 9.93. The largest absolute Gasteiger partial charge is 0.507 e. The van der Waals surface area contributed by atoms with Gasteiger partial charge in [0.05, 0.1) is 4.90 Å². The average molecular weight is 448 g/mol. The molecule has 1 heterocycles. The highest BCUT2D eigenvalue weighted by atomic mass is 32.2. The summed E-state index contributed by atoms with van der Waals surface area (Å²) in [6.07, 6.45) is 4.20. The number of aromatic hydroxyl groups is 1. The predicted octanol–water partition coefficient (Wildman–Crippen LogP) is 3.61. The van der Waals surface area contributed by atoms with Crippen LogP contribution in [0.4, 0.5) is 16.2 Å². The van der Waals surface area contributed by atoms with E-state index in [1.807, 2.05) is 0 Å². The molecule has 1 fully saturated rings. The van der Waals surface area contributed by atoms with E-state index in [1.165, 1.54) is 19.1 Å². The lowest BCUT2D eigenvalue weighted by Gasteiger charge is -2.20. The lowest BCUT2D eigenvalue weighted by molar-refractivity contribution is 0.0693. The third kappa shape index (κ3) is 5.46. The molecule has 0 radical (unpaired) electrons. The van der Waals surface area contributed by atoms with E-state index in [1.54, 1.807) is 17.0 Å². The molecule has 0 unspecified atom stereocenters. The number of aromatic carboxylic acids is 1. The van der Waals surface area contributed by atoms with E-state index in [2.05, 4.69) is 10.0 Å². The molecule has 0 aliphatic carbocycles. The summed E-state index contributed by atoms with van der Waals surface area (Å²) in [5.41, 5.74) is 0.483. The maximum atomic E-state index is 12.7. The zero-order valence-corrected chi connectivity index (χ0v) is 17.9. The molecule has 0 saturated carbocycles. The van der Waals surface area contributed by atoms with E-state index in [0.717, 1.165) is 37.8 Å². The van der Waals surface area contributed by atoms with Crippen molar-refractivity contribution in [2.24, 2.45) is 0 Å². The summed E-state index contributed by atoms with van der Waals surface area (Å²) in [6, 6.07) is 8.01. The number of nitrogens with zero attached hydrogens (tertiary/aromatic N) is 1. The van der Waals surface area contributed by atoms with Crippen LogP contribution in [-0.4, -0.2) is 48.6 Å². The van der Waals surface area contributed by atoms with E-state index >= 15 is 0 Å². The third-order valence-electron chi connectivity index (χ3n) is 5.09. The molecule has 0 bridgehead atoms. The molecule has 10 heteroatoms. The zero-order valence-electron chi connectivity index (χ0n) is 17.1. The smallest absolute Gasteiger partial charge is 0.339 e. The zero-order chi connectivity index (χ0) is 22.6. The number of benzene rings is 2. The summed E-state index contributed by atoms with van der Waals surface area (Å²) in [7, 11) is -4.09. The van der Waals surface area contributed by atoms with Gasteiger partial charge in [-0.1, -0.05) is 12.8 Å². The van der Waals surface area contributed by atoms with Crippen LogP contribution in [-0.2, 0) is 10.0 Å². The number of nitrogens with one attached hydrogen (secondary N) is 2. The lowest BCUT2D eigenvalue weighted by atomic mass is 10.1. The minimum atomic E-state index is -4.09. The molecule has 2 amide bonds. The van der Waals surface area contributed by atoms with Crippen molar-refractivity contribution < 1.29 is 28.2 Å². The number of rotatable bonds is 5. The fourth-order valence-corrected chi connectivity index (χ4v) is 4.75. The van der Waals surface area contributed by atoms with E-state index in [4.69, 9.17) is 5.11 Å². The highest BCUT2D eigenvalue weighted by Crippen LogP contribution is 2.27. The van der Waals surface area contributed by atoms with Crippen molar-refractivity contribution in [3.8, 4) is 5.75 Å². The number of aryl methyl sites for hydroxylation is 1. The number of phenols is 1. The maximum Gasteiger partial charge on any atom is 0.339 e. The number of carbonyl (C=O) groups is 2. The Labute approximate surface area is 180 Å². The predicted molar refractivity (Wildman–Crippen MR) is 116 cm³/mol. The van der Waals surface area contributed by atoms with Crippen LogP contribution >= 0.6 is 0 Å². The van der Waals surface area contributed by atoms with E-state index in [-0.39, 0.29) is 22.2 Å². The molecule has 3 rings (SSSR count). The van der Waals surface area contributed by atoms with Gasteiger partial charge in [-0.05, 0) is 61.7 Å². The number of carboxylic acid groups (broad SMARTS) is 1. The number of urea groups is 1. The lowest BCUT2D eigenvalue weighted by Crippen LogP contribution is -2.35. The molecule has 0 atom stereocenters. The highest BCUT2D eigenvalue weighted by molar-refractivity contribution is 7.92. The molecular formula is C21H25N3O6S. The van der Waals surface area contributed by atoms with Crippen LogP contribution in [0, 0.1) is 6.92 Å². The van der Waals surface area contributed by atoms with E-state index in [0.29, 0.717) is 18.8 Å². The van der Waals surface area contributed by atoms with Crippen molar-refractivity contribution in [1.82, 2.24) is 4.90 Å². The van der Waals surface area contributed by atoms with Crippen molar-refractivity contribution in [3.63, 3.8) is 0 Å². The van der Waals surface area contributed by atoms with Gasteiger partial charge >= 0.3 is 12.0 Å². The minimum absolute atomic E-state index is 0.184. The molecule has 1 saturated heterocycles. The summed E-state index contributed by atoms with van der Waals surface area (Å²) >= 11 is 0. The quantitative estimate of drug-likeness (QED) is 0.553. The molecule has 2 aromatic rings. The van der Waals surface area contributed by atoms with Crippen molar-refractivity contribution in [3.05, 3.63) is 47.5 Å². The Morgan fingerprint density at radius 1 is 0.968 bits per heavy atom. The van der Waals surface area contributed by atoms with Crippen LogP contribution in [0.3, 0.4) is 0 Å². The molecule has 0 aromatic heterocycles. The van der Waals surface area contributed by atoms with Gasteiger partial charge in [-0.2, -0.15) is 0 Å². The van der Waals surface area contributed by atoms with Crippen LogP contribution in [0.2, 0.25) is 0 Å². The number of anilines is 2. The fourth-order valence-electron chi connectivity index (χ4n) is 3.44. The maximum absolute atomic E-state index is 12.7. The highest BCUT2D eigenvalue weighted by Gasteiger charge is 2.22. The first kappa shape index (κ1) is 22.4. The Morgan fingerprint density at radius 3 is 2.13 bits per heavy atom. The molecule has 166 valence electrons. The Bertz CT molecular complexity index is 1080. The molecule has 4 N–H and O–H groups in total. The van der Waals surface area contributed by atoms with Gasteiger partial charge in [-0.15, -0.1) is 0 Å². The van der Waals surface area contributed by atoms with Crippen LogP contribution in [0.25, 0.3) is 0 Å². The Morgan fingerprint density at radius 2 is 1.55 bits per heavy atom. The van der Waals surface area contributed by atoms with Crippen LogP contribution in [0.5, 0.6) is 5.75 Å². The van der Waals surface area contributed by atoms with Crippen LogP contribution in [0.15, 0.2) is 41.3 Å². The Kier molecular flexibility index (Phi) is 6.69. The Hall–Kier alpha value is -3.27. The second-order valence-electron chi connectivity index (χ2n) is 7.45. The molecule has 31 heavy (non-hydrogen) atoms. The second kappa shape index (κ2) is 9.25. The summed E-state index contributed by atoms with van der Waals surface area (Å²) < 4.78 is 27.9. The van der Waals surface area contributed by atoms with Gasteiger partial charge in [-0.25, -0.2) is 18.0 Å². The van der Waals surface area contributed by atoms with Gasteiger partial charge < -0.3 is 20.4 Å². The van der Waals surface area contributed by atoms with Gasteiger partial charge in [0.25, 0.3) is 10.0 Å². The number of carboxylic acids is 1. The molecule has 2 aromatic carbocycles. The monoisotopic (exact) mass is 447 g/mol. The summed E-state index contributed by atoms with van der Waals surface area (Å²) in [5, 5.41) is 21.7. The first-order valence-corrected chi connectivity index (χ1v) is 11.4. The van der Waals surface area contributed by atoms with Crippen LogP contribution < -0.4 is 10.0 Å². The Balaban J connectivity index is 1.72. The van der Waals surface area contributed by atoms with Crippen molar-refractivity contribution >= 4 is 33.4 Å². The van der Waals surface area contributed by atoms with Gasteiger partial charge in [-0.3, -0.25) is 4.72 Å². The minimum Gasteiger partial charge on any atom is -0.507 e. The van der Waals surface area contributed by atoms with Gasteiger partial charge in [0.2, 0.25) is 0 Å². The molecule has 1 aliphatic heterocycles. The number of carbonyl (C=O) groups excluding carboxylic acids is 1. The van der Waals surface area contributed by atoms with E-state index < -0.39 is 27.3 Å². The molecule has 1 aliphatic rings. The standard InChI is InChI=1S/C21H25N3O6S/c1-14-12-18(25)17(20(26)27)13-19(14)31(29,30)23-16-8-6-15(7-9-16)22-21(28)24-10-4-2-3-5-11-24/h6-9,12-13,23,25H,2-5,10-11H2,1H3,(H,22,28)(H,26,27). The van der Waals surface area contributed by atoms with E-state index in [9.17, 15) is 23.1 Å². The SMILES string of the molecule is Cc1cc(O)c(C(=O)O)cc1S(=O)(=O)Nc1ccc(NC(=O)N2CCCCCC2)cc1. The number of sulfonamides is 1. The molecular weight excluding hydrogens is 422 g/mol. The number of hydrogen-bond acceptors (Lipinski definition) is 5.